The van der Waals surface area contributed by atoms with E-state index in [-0.39, 0.29) is 11.3 Å². The zero-order valence-corrected chi connectivity index (χ0v) is 9.49. The number of carbonyl (C=O) groups is 1. The van der Waals surface area contributed by atoms with Crippen LogP contribution in [0, 0.1) is 0 Å². The minimum absolute atomic E-state index is 0.271. The van der Waals surface area contributed by atoms with Crippen molar-refractivity contribution in [1.29, 1.82) is 0 Å². The van der Waals surface area contributed by atoms with Crippen LogP contribution in [0.2, 0.25) is 0 Å². The van der Waals surface area contributed by atoms with Gasteiger partial charge in [-0.2, -0.15) is 0 Å². The number of benzene rings is 1. The lowest BCUT2D eigenvalue weighted by Crippen LogP contribution is -2.41. The fraction of sp³-hybridized carbons (Fsp3) is 0.462. The highest BCUT2D eigenvalue weighted by Crippen LogP contribution is 2.44. The molecule has 1 aromatic rings. The topological polar surface area (TPSA) is 32.3 Å². The van der Waals surface area contributed by atoms with Crippen LogP contribution in [0.15, 0.2) is 24.3 Å². The zero-order valence-electron chi connectivity index (χ0n) is 9.49. The second-order valence-corrected chi connectivity index (χ2v) is 4.58. The van der Waals surface area contributed by atoms with E-state index in [0.717, 1.165) is 31.7 Å². The van der Waals surface area contributed by atoms with Gasteiger partial charge in [0, 0.05) is 18.8 Å². The molecule has 0 radical (unpaired) electrons. The number of hydrogen-bond acceptors (Lipinski definition) is 2. The summed E-state index contributed by atoms with van der Waals surface area (Å²) in [5.41, 5.74) is 2.05. The van der Waals surface area contributed by atoms with Crippen LogP contribution in [0.1, 0.15) is 18.9 Å². The smallest absolute Gasteiger partial charge is 0.239 e. The van der Waals surface area contributed by atoms with E-state index in [1.807, 2.05) is 24.0 Å². The molecule has 1 fully saturated rings. The number of fused-ring (bicyclic) bond motifs is 2. The van der Waals surface area contributed by atoms with Gasteiger partial charge in [-0.1, -0.05) is 18.2 Å². The monoisotopic (exact) mass is 216 g/mol. The Hall–Kier alpha value is -1.35. The molecule has 1 unspecified atom stereocenters. The molecule has 1 atom stereocenters. The molecule has 1 saturated heterocycles. The highest BCUT2D eigenvalue weighted by Gasteiger charge is 2.51. The molecule has 3 nitrogen and oxygen atoms in total. The fourth-order valence-electron chi connectivity index (χ4n) is 3.01. The van der Waals surface area contributed by atoms with Gasteiger partial charge in [0.05, 0.1) is 5.41 Å². The molecule has 0 saturated carbocycles. The van der Waals surface area contributed by atoms with Gasteiger partial charge in [0.25, 0.3) is 0 Å². The first-order chi connectivity index (χ1) is 7.79. The summed E-state index contributed by atoms with van der Waals surface area (Å²) in [7, 11) is 0. The van der Waals surface area contributed by atoms with Gasteiger partial charge < -0.3 is 10.2 Å². The molecule has 2 aliphatic rings. The third-order valence-electron chi connectivity index (χ3n) is 3.84. The third-order valence-corrected chi connectivity index (χ3v) is 3.84. The van der Waals surface area contributed by atoms with Crippen molar-refractivity contribution in [2.75, 3.05) is 24.5 Å². The van der Waals surface area contributed by atoms with E-state index in [2.05, 4.69) is 17.4 Å². The standard InChI is InChI=1S/C13H16N2O/c1-2-15-11-6-4-3-5-10(11)13(12(15)16)7-8-14-9-13/h3-6,14H,2,7-9H2,1H3. The fourth-order valence-corrected chi connectivity index (χ4v) is 3.01. The number of para-hydroxylation sites is 1. The Morgan fingerprint density at radius 2 is 2.25 bits per heavy atom. The lowest BCUT2D eigenvalue weighted by atomic mass is 9.81. The minimum Gasteiger partial charge on any atom is -0.315 e. The Labute approximate surface area is 95.4 Å². The largest absolute Gasteiger partial charge is 0.315 e. The van der Waals surface area contributed by atoms with E-state index in [9.17, 15) is 4.79 Å². The molecule has 2 heterocycles. The van der Waals surface area contributed by atoms with Crippen LogP contribution in [0.25, 0.3) is 0 Å². The second-order valence-electron chi connectivity index (χ2n) is 4.58. The lowest BCUT2D eigenvalue weighted by Gasteiger charge is -2.21. The lowest BCUT2D eigenvalue weighted by molar-refractivity contribution is -0.122. The summed E-state index contributed by atoms with van der Waals surface area (Å²) >= 11 is 0. The zero-order chi connectivity index (χ0) is 11.2. The number of hydrogen-bond donors (Lipinski definition) is 1. The maximum Gasteiger partial charge on any atom is 0.239 e. The maximum absolute atomic E-state index is 12.5. The molecule has 84 valence electrons. The third kappa shape index (κ3) is 1.04. The SMILES string of the molecule is CCN1C(=O)C2(CCNC2)c2ccccc21. The van der Waals surface area contributed by atoms with Gasteiger partial charge in [-0.15, -0.1) is 0 Å². The van der Waals surface area contributed by atoms with E-state index in [1.54, 1.807) is 0 Å². The van der Waals surface area contributed by atoms with E-state index in [1.165, 1.54) is 5.56 Å². The summed E-state index contributed by atoms with van der Waals surface area (Å²) in [6.45, 7) is 4.53. The summed E-state index contributed by atoms with van der Waals surface area (Å²) in [4.78, 5) is 14.4. The van der Waals surface area contributed by atoms with Crippen molar-refractivity contribution in [1.82, 2.24) is 5.32 Å². The predicted octanol–water partition coefficient (Wildman–Crippen LogP) is 1.28. The predicted molar refractivity (Wildman–Crippen MR) is 63.6 cm³/mol. The van der Waals surface area contributed by atoms with Gasteiger partial charge in [-0.05, 0) is 31.5 Å². The van der Waals surface area contributed by atoms with Gasteiger partial charge in [0.15, 0.2) is 0 Å². The highest BCUT2D eigenvalue weighted by atomic mass is 16.2. The average Bonchev–Trinajstić information content (AvgIpc) is 2.88. The highest BCUT2D eigenvalue weighted by molar-refractivity contribution is 6.08. The van der Waals surface area contributed by atoms with Gasteiger partial charge in [0.2, 0.25) is 5.91 Å². The van der Waals surface area contributed by atoms with E-state index >= 15 is 0 Å². The van der Waals surface area contributed by atoms with Crippen LogP contribution < -0.4 is 10.2 Å². The molecule has 0 aliphatic carbocycles. The first-order valence-corrected chi connectivity index (χ1v) is 5.92. The van der Waals surface area contributed by atoms with Crippen molar-refractivity contribution < 1.29 is 4.79 Å². The Kier molecular flexibility index (Phi) is 2.04. The quantitative estimate of drug-likeness (QED) is 0.767. The number of amides is 1. The van der Waals surface area contributed by atoms with Crippen LogP contribution in [-0.2, 0) is 10.2 Å². The van der Waals surface area contributed by atoms with Gasteiger partial charge in [-0.25, -0.2) is 0 Å². The normalized spacial score (nSPS) is 27.8. The van der Waals surface area contributed by atoms with Crippen molar-refractivity contribution in [2.24, 2.45) is 0 Å². The molecule has 0 bridgehead atoms. The molecular formula is C13H16N2O. The van der Waals surface area contributed by atoms with Crippen LogP contribution in [0.5, 0.6) is 0 Å². The second kappa shape index (κ2) is 3.32. The Morgan fingerprint density at radius 3 is 2.94 bits per heavy atom. The number of nitrogens with zero attached hydrogens (tertiary/aromatic N) is 1. The van der Waals surface area contributed by atoms with Crippen molar-refractivity contribution in [3.05, 3.63) is 29.8 Å². The van der Waals surface area contributed by atoms with Crippen LogP contribution in [-0.4, -0.2) is 25.5 Å². The number of nitrogens with one attached hydrogen (secondary N) is 1. The van der Waals surface area contributed by atoms with Crippen molar-refractivity contribution in [3.8, 4) is 0 Å². The molecule has 2 aliphatic heterocycles. The van der Waals surface area contributed by atoms with E-state index in [4.69, 9.17) is 0 Å². The summed E-state index contributed by atoms with van der Waals surface area (Å²) in [6, 6.07) is 8.21. The summed E-state index contributed by atoms with van der Waals surface area (Å²) in [6.07, 6.45) is 0.930. The minimum atomic E-state index is -0.271. The summed E-state index contributed by atoms with van der Waals surface area (Å²) in [5, 5.41) is 3.32. The van der Waals surface area contributed by atoms with E-state index in [0.29, 0.717) is 0 Å². The van der Waals surface area contributed by atoms with Crippen molar-refractivity contribution in [2.45, 2.75) is 18.8 Å². The Morgan fingerprint density at radius 1 is 1.44 bits per heavy atom. The van der Waals surface area contributed by atoms with Crippen LogP contribution in [0.4, 0.5) is 5.69 Å². The number of anilines is 1. The molecule has 3 rings (SSSR count). The summed E-state index contributed by atoms with van der Waals surface area (Å²) < 4.78 is 0. The van der Waals surface area contributed by atoms with Crippen LogP contribution in [0.3, 0.4) is 0 Å². The molecule has 1 aromatic carbocycles. The number of likely N-dealkylation sites (N-methyl/N-ethyl adjacent to an activating group) is 1. The first kappa shape index (κ1) is 9.85. The molecular weight excluding hydrogens is 200 g/mol. The summed E-state index contributed by atoms with van der Waals surface area (Å²) in [5.74, 6) is 0.279. The van der Waals surface area contributed by atoms with Gasteiger partial charge >= 0.3 is 0 Å². The van der Waals surface area contributed by atoms with E-state index < -0.39 is 0 Å². The average molecular weight is 216 g/mol. The Balaban J connectivity index is 2.19. The molecule has 1 N–H and O–H groups in total. The number of carbonyl (C=O) groups excluding carboxylic acids is 1. The molecule has 1 spiro atoms. The molecule has 1 amide bonds. The number of rotatable bonds is 1. The first-order valence-electron chi connectivity index (χ1n) is 5.92. The molecule has 16 heavy (non-hydrogen) atoms. The molecule has 3 heteroatoms. The van der Waals surface area contributed by atoms with Gasteiger partial charge in [-0.3, -0.25) is 4.79 Å². The van der Waals surface area contributed by atoms with Crippen molar-refractivity contribution >= 4 is 11.6 Å². The Bertz CT molecular complexity index is 435. The maximum atomic E-state index is 12.5. The van der Waals surface area contributed by atoms with Gasteiger partial charge in [0.1, 0.15) is 0 Å². The van der Waals surface area contributed by atoms with Crippen molar-refractivity contribution in [3.63, 3.8) is 0 Å². The molecule has 0 aromatic heterocycles. The van der Waals surface area contributed by atoms with Crippen LogP contribution >= 0.6 is 0 Å².